The number of fused-ring (bicyclic) bond motifs is 2. The van der Waals surface area contributed by atoms with Crippen molar-refractivity contribution in [2.75, 3.05) is 5.32 Å². The summed E-state index contributed by atoms with van der Waals surface area (Å²) >= 11 is 3.40. The van der Waals surface area contributed by atoms with Gasteiger partial charge in [-0.15, -0.1) is 22.7 Å². The predicted molar refractivity (Wildman–Crippen MR) is 89.5 cm³/mol. The van der Waals surface area contributed by atoms with E-state index in [1.807, 2.05) is 6.92 Å². The van der Waals surface area contributed by atoms with E-state index in [2.05, 4.69) is 56.4 Å². The number of imidazole rings is 1. The molecule has 0 amide bonds. The number of hydrogen-bond donors (Lipinski definition) is 1. The molecule has 0 fully saturated rings. The van der Waals surface area contributed by atoms with Gasteiger partial charge in [0.15, 0.2) is 4.96 Å². The molecule has 0 aliphatic rings. The van der Waals surface area contributed by atoms with Crippen molar-refractivity contribution in [2.24, 2.45) is 0 Å². The fourth-order valence-corrected chi connectivity index (χ4v) is 4.13. The van der Waals surface area contributed by atoms with Crippen LogP contribution in [0.3, 0.4) is 0 Å². The third-order valence-corrected chi connectivity index (χ3v) is 5.21. The van der Waals surface area contributed by atoms with Crippen molar-refractivity contribution in [2.45, 2.75) is 20.4 Å². The molecule has 21 heavy (non-hydrogen) atoms. The van der Waals surface area contributed by atoms with Crippen LogP contribution in [0, 0.1) is 13.8 Å². The molecule has 4 aromatic rings. The number of nitrogens with zero attached hydrogens (tertiary/aromatic N) is 3. The first-order valence-electron chi connectivity index (χ1n) is 6.73. The summed E-state index contributed by atoms with van der Waals surface area (Å²) in [7, 11) is 0. The van der Waals surface area contributed by atoms with E-state index < -0.39 is 0 Å². The average molecular weight is 314 g/mol. The molecule has 0 saturated carbocycles. The largest absolute Gasteiger partial charge is 0.379 e. The van der Waals surface area contributed by atoms with Crippen LogP contribution in [0.4, 0.5) is 5.69 Å². The highest BCUT2D eigenvalue weighted by Crippen LogP contribution is 2.25. The Hall–Kier alpha value is -1.92. The highest BCUT2D eigenvalue weighted by atomic mass is 32.1. The standard InChI is InChI=1S/C15H14N4S2/c1-9-13(19-5-6-20-15(19)17-9)8-16-11-3-4-12-14(7-11)21-10(2)18-12/h3-7,16H,8H2,1-2H3. The van der Waals surface area contributed by atoms with E-state index in [1.54, 1.807) is 22.7 Å². The van der Waals surface area contributed by atoms with Crippen LogP contribution in [0.5, 0.6) is 0 Å². The van der Waals surface area contributed by atoms with Crippen molar-refractivity contribution >= 4 is 43.5 Å². The van der Waals surface area contributed by atoms with Gasteiger partial charge in [0, 0.05) is 17.3 Å². The number of rotatable bonds is 3. The fourth-order valence-electron chi connectivity index (χ4n) is 2.49. The lowest BCUT2D eigenvalue weighted by Crippen LogP contribution is -2.03. The van der Waals surface area contributed by atoms with E-state index in [4.69, 9.17) is 0 Å². The molecular weight excluding hydrogens is 300 g/mol. The highest BCUT2D eigenvalue weighted by molar-refractivity contribution is 7.18. The first kappa shape index (κ1) is 12.8. The molecule has 0 saturated heterocycles. The zero-order valence-electron chi connectivity index (χ0n) is 11.8. The number of aryl methyl sites for hydroxylation is 2. The van der Waals surface area contributed by atoms with Gasteiger partial charge in [-0.25, -0.2) is 9.97 Å². The minimum Gasteiger partial charge on any atom is -0.379 e. The van der Waals surface area contributed by atoms with Crippen molar-refractivity contribution in [3.63, 3.8) is 0 Å². The second kappa shape index (κ2) is 4.82. The Labute approximate surface area is 130 Å². The van der Waals surface area contributed by atoms with E-state index >= 15 is 0 Å². The molecule has 0 bridgehead atoms. The lowest BCUT2D eigenvalue weighted by atomic mass is 10.3. The first-order valence-corrected chi connectivity index (χ1v) is 8.42. The number of anilines is 1. The van der Waals surface area contributed by atoms with E-state index in [1.165, 1.54) is 10.4 Å². The maximum absolute atomic E-state index is 4.57. The Morgan fingerprint density at radius 2 is 2.14 bits per heavy atom. The van der Waals surface area contributed by atoms with Crippen molar-refractivity contribution < 1.29 is 0 Å². The lowest BCUT2D eigenvalue weighted by molar-refractivity contribution is 0.995. The summed E-state index contributed by atoms with van der Waals surface area (Å²) in [6.45, 7) is 4.88. The Morgan fingerprint density at radius 1 is 1.24 bits per heavy atom. The number of thiazole rings is 2. The van der Waals surface area contributed by atoms with Crippen molar-refractivity contribution in [1.82, 2.24) is 14.4 Å². The molecule has 0 spiro atoms. The monoisotopic (exact) mass is 314 g/mol. The van der Waals surface area contributed by atoms with E-state index in [0.717, 1.165) is 33.4 Å². The molecule has 0 unspecified atom stereocenters. The summed E-state index contributed by atoms with van der Waals surface area (Å²) in [5.41, 5.74) is 4.50. The third kappa shape index (κ3) is 2.20. The van der Waals surface area contributed by atoms with E-state index in [0.29, 0.717) is 0 Å². The summed E-state index contributed by atoms with van der Waals surface area (Å²) in [6.07, 6.45) is 2.08. The highest BCUT2D eigenvalue weighted by Gasteiger charge is 2.09. The minimum atomic E-state index is 0.771. The first-order chi connectivity index (χ1) is 10.2. The Balaban J connectivity index is 1.62. The van der Waals surface area contributed by atoms with Crippen LogP contribution in [0.15, 0.2) is 29.8 Å². The second-order valence-electron chi connectivity index (χ2n) is 4.97. The van der Waals surface area contributed by atoms with Gasteiger partial charge in [-0.1, -0.05) is 0 Å². The summed E-state index contributed by atoms with van der Waals surface area (Å²) in [4.78, 5) is 10.1. The molecule has 1 aromatic carbocycles. The molecule has 4 rings (SSSR count). The molecule has 1 N–H and O–H groups in total. The van der Waals surface area contributed by atoms with Gasteiger partial charge >= 0.3 is 0 Å². The zero-order valence-corrected chi connectivity index (χ0v) is 13.4. The normalized spacial score (nSPS) is 11.5. The zero-order chi connectivity index (χ0) is 14.4. The summed E-state index contributed by atoms with van der Waals surface area (Å²) in [5, 5.41) is 6.67. The van der Waals surface area contributed by atoms with Crippen LogP contribution in [0.1, 0.15) is 16.4 Å². The molecule has 6 heteroatoms. The molecule has 0 aliphatic carbocycles. The summed E-state index contributed by atoms with van der Waals surface area (Å²) < 4.78 is 3.38. The van der Waals surface area contributed by atoms with Crippen molar-refractivity contribution in [3.8, 4) is 0 Å². The van der Waals surface area contributed by atoms with Crippen molar-refractivity contribution in [1.29, 1.82) is 0 Å². The van der Waals surface area contributed by atoms with Gasteiger partial charge in [0.25, 0.3) is 0 Å². The molecule has 0 radical (unpaired) electrons. The molecular formula is C15H14N4S2. The van der Waals surface area contributed by atoms with Crippen LogP contribution in [0.2, 0.25) is 0 Å². The average Bonchev–Trinajstić information content (AvgIpc) is 3.10. The predicted octanol–water partition coefficient (Wildman–Crippen LogP) is 4.23. The lowest BCUT2D eigenvalue weighted by Gasteiger charge is -2.06. The SMILES string of the molecule is Cc1nc2ccc(NCc3c(C)nc4sccn34)cc2s1. The second-order valence-corrected chi connectivity index (χ2v) is 7.08. The Morgan fingerprint density at radius 3 is 3.05 bits per heavy atom. The molecule has 4 nitrogen and oxygen atoms in total. The van der Waals surface area contributed by atoms with Crippen molar-refractivity contribution in [3.05, 3.63) is 46.2 Å². The topological polar surface area (TPSA) is 42.2 Å². The summed E-state index contributed by atoms with van der Waals surface area (Å²) in [6, 6.07) is 6.33. The molecule has 0 atom stereocenters. The Bertz CT molecular complexity index is 932. The maximum atomic E-state index is 4.57. The van der Waals surface area contributed by atoms with Crippen LogP contribution < -0.4 is 5.32 Å². The van der Waals surface area contributed by atoms with Gasteiger partial charge in [-0.2, -0.15) is 0 Å². The maximum Gasteiger partial charge on any atom is 0.194 e. The van der Waals surface area contributed by atoms with Crippen LogP contribution in [-0.4, -0.2) is 14.4 Å². The molecule has 3 heterocycles. The molecule has 106 valence electrons. The van der Waals surface area contributed by atoms with Crippen LogP contribution in [0.25, 0.3) is 15.2 Å². The number of benzene rings is 1. The van der Waals surface area contributed by atoms with E-state index in [-0.39, 0.29) is 0 Å². The minimum absolute atomic E-state index is 0.771. The number of hydrogen-bond acceptors (Lipinski definition) is 5. The van der Waals surface area contributed by atoms with E-state index in [9.17, 15) is 0 Å². The summed E-state index contributed by atoms with van der Waals surface area (Å²) in [5.74, 6) is 0. The van der Waals surface area contributed by atoms with Gasteiger partial charge in [0.05, 0.1) is 33.2 Å². The van der Waals surface area contributed by atoms with Gasteiger partial charge < -0.3 is 5.32 Å². The van der Waals surface area contributed by atoms with Crippen LogP contribution >= 0.6 is 22.7 Å². The fraction of sp³-hybridized carbons (Fsp3) is 0.200. The van der Waals surface area contributed by atoms with Gasteiger partial charge in [-0.3, -0.25) is 4.40 Å². The third-order valence-electron chi connectivity index (χ3n) is 3.52. The van der Waals surface area contributed by atoms with Gasteiger partial charge in [-0.05, 0) is 32.0 Å². The van der Waals surface area contributed by atoms with Crippen LogP contribution in [-0.2, 0) is 6.54 Å². The number of aromatic nitrogens is 3. The molecule has 3 aromatic heterocycles. The quantitative estimate of drug-likeness (QED) is 0.615. The Kier molecular flexibility index (Phi) is 2.94. The van der Waals surface area contributed by atoms with Gasteiger partial charge in [0.2, 0.25) is 0 Å². The van der Waals surface area contributed by atoms with Gasteiger partial charge in [0.1, 0.15) is 0 Å². The number of nitrogens with one attached hydrogen (secondary N) is 1. The smallest absolute Gasteiger partial charge is 0.194 e. The molecule has 0 aliphatic heterocycles.